The summed E-state index contributed by atoms with van der Waals surface area (Å²) in [5, 5.41) is 0. The lowest BCUT2D eigenvalue weighted by Gasteiger charge is -2.09. The SMILES string of the molecule is Nc1ccnc(Cc2ccc(C(F)(F)F)cc2)c1N. The van der Waals surface area contributed by atoms with Gasteiger partial charge < -0.3 is 11.5 Å². The highest BCUT2D eigenvalue weighted by molar-refractivity contribution is 5.65. The largest absolute Gasteiger partial charge is 0.416 e. The predicted octanol–water partition coefficient (Wildman–Crippen LogP) is 2.86. The van der Waals surface area contributed by atoms with Gasteiger partial charge in [0.15, 0.2) is 0 Å². The van der Waals surface area contributed by atoms with E-state index in [0.717, 1.165) is 12.1 Å². The molecule has 0 unspecified atom stereocenters. The molecule has 100 valence electrons. The van der Waals surface area contributed by atoms with Crippen LogP contribution in [0.1, 0.15) is 16.8 Å². The smallest absolute Gasteiger partial charge is 0.397 e. The Morgan fingerprint density at radius 2 is 1.63 bits per heavy atom. The second-order valence-corrected chi connectivity index (χ2v) is 4.13. The maximum absolute atomic E-state index is 12.4. The van der Waals surface area contributed by atoms with Crippen LogP contribution in [0.4, 0.5) is 24.5 Å². The average Bonchev–Trinajstić information content (AvgIpc) is 2.35. The number of halogens is 3. The molecule has 19 heavy (non-hydrogen) atoms. The van der Waals surface area contributed by atoms with Gasteiger partial charge in [-0.2, -0.15) is 13.2 Å². The first kappa shape index (κ1) is 13.2. The normalized spacial score (nSPS) is 11.5. The van der Waals surface area contributed by atoms with Crippen LogP contribution in [0.5, 0.6) is 0 Å². The minimum absolute atomic E-state index is 0.342. The van der Waals surface area contributed by atoms with Crippen molar-refractivity contribution in [3.05, 3.63) is 53.3 Å². The number of alkyl halides is 3. The third-order valence-corrected chi connectivity index (χ3v) is 2.76. The minimum atomic E-state index is -4.33. The molecule has 0 spiro atoms. The van der Waals surface area contributed by atoms with E-state index in [0.29, 0.717) is 29.1 Å². The van der Waals surface area contributed by atoms with Crippen LogP contribution < -0.4 is 11.5 Å². The highest BCUT2D eigenvalue weighted by Gasteiger charge is 2.29. The Hall–Kier alpha value is -2.24. The van der Waals surface area contributed by atoms with Crippen LogP contribution in [-0.2, 0) is 12.6 Å². The van der Waals surface area contributed by atoms with Crippen molar-refractivity contribution in [3.63, 3.8) is 0 Å². The summed E-state index contributed by atoms with van der Waals surface area (Å²) in [5.74, 6) is 0. The molecule has 0 saturated heterocycles. The number of pyridine rings is 1. The first-order chi connectivity index (χ1) is 8.88. The fraction of sp³-hybridized carbons (Fsp3) is 0.154. The summed E-state index contributed by atoms with van der Waals surface area (Å²) in [6.07, 6.45) is -2.47. The van der Waals surface area contributed by atoms with E-state index in [1.807, 2.05) is 0 Å². The first-order valence-corrected chi connectivity index (χ1v) is 5.53. The van der Waals surface area contributed by atoms with Crippen molar-refractivity contribution in [2.45, 2.75) is 12.6 Å². The maximum atomic E-state index is 12.4. The van der Waals surface area contributed by atoms with Crippen LogP contribution in [0.15, 0.2) is 36.5 Å². The van der Waals surface area contributed by atoms with Crippen LogP contribution in [0, 0.1) is 0 Å². The van der Waals surface area contributed by atoms with Crippen LogP contribution >= 0.6 is 0 Å². The summed E-state index contributed by atoms with van der Waals surface area (Å²) in [7, 11) is 0. The molecule has 2 aromatic rings. The summed E-state index contributed by atoms with van der Waals surface area (Å²) in [6.45, 7) is 0. The Bertz CT molecular complexity index is 577. The lowest BCUT2D eigenvalue weighted by atomic mass is 10.1. The van der Waals surface area contributed by atoms with Crippen molar-refractivity contribution in [1.29, 1.82) is 0 Å². The van der Waals surface area contributed by atoms with Gasteiger partial charge >= 0.3 is 6.18 Å². The number of benzene rings is 1. The molecule has 1 aromatic carbocycles. The molecular weight excluding hydrogens is 255 g/mol. The van der Waals surface area contributed by atoms with E-state index < -0.39 is 11.7 Å². The molecular formula is C13H12F3N3. The Morgan fingerprint density at radius 3 is 2.21 bits per heavy atom. The van der Waals surface area contributed by atoms with Gasteiger partial charge in [0.05, 0.1) is 22.6 Å². The topological polar surface area (TPSA) is 64.9 Å². The second kappa shape index (κ2) is 4.79. The van der Waals surface area contributed by atoms with E-state index in [2.05, 4.69) is 4.98 Å². The van der Waals surface area contributed by atoms with E-state index in [9.17, 15) is 13.2 Å². The number of nitrogens with two attached hydrogens (primary N) is 2. The van der Waals surface area contributed by atoms with Crippen LogP contribution in [0.3, 0.4) is 0 Å². The molecule has 2 rings (SSSR count). The zero-order valence-corrected chi connectivity index (χ0v) is 9.91. The van der Waals surface area contributed by atoms with Crippen molar-refractivity contribution in [2.75, 3.05) is 11.5 Å². The number of aromatic nitrogens is 1. The second-order valence-electron chi connectivity index (χ2n) is 4.13. The highest BCUT2D eigenvalue weighted by Crippen LogP contribution is 2.29. The number of nitrogens with zero attached hydrogens (tertiary/aromatic N) is 1. The van der Waals surface area contributed by atoms with Crippen LogP contribution in [-0.4, -0.2) is 4.98 Å². The molecule has 3 nitrogen and oxygen atoms in total. The molecule has 0 aliphatic rings. The third kappa shape index (κ3) is 2.96. The summed E-state index contributed by atoms with van der Waals surface area (Å²) in [6, 6.07) is 6.47. The molecule has 4 N–H and O–H groups in total. The summed E-state index contributed by atoms with van der Waals surface area (Å²) in [4.78, 5) is 4.08. The van der Waals surface area contributed by atoms with Crippen molar-refractivity contribution in [1.82, 2.24) is 4.98 Å². The zero-order valence-electron chi connectivity index (χ0n) is 9.91. The molecule has 0 atom stereocenters. The summed E-state index contributed by atoms with van der Waals surface area (Å²) < 4.78 is 37.2. The fourth-order valence-corrected chi connectivity index (χ4v) is 1.68. The third-order valence-electron chi connectivity index (χ3n) is 2.76. The fourth-order valence-electron chi connectivity index (χ4n) is 1.68. The van der Waals surface area contributed by atoms with Gasteiger partial charge in [0.25, 0.3) is 0 Å². The predicted molar refractivity (Wildman–Crippen MR) is 67.3 cm³/mol. The number of rotatable bonds is 2. The lowest BCUT2D eigenvalue weighted by molar-refractivity contribution is -0.137. The van der Waals surface area contributed by atoms with Crippen LogP contribution in [0.2, 0.25) is 0 Å². The van der Waals surface area contributed by atoms with Gasteiger partial charge in [-0.1, -0.05) is 12.1 Å². The molecule has 6 heteroatoms. The molecule has 0 aliphatic carbocycles. The molecule has 0 fully saturated rings. The van der Waals surface area contributed by atoms with Gasteiger partial charge in [-0.15, -0.1) is 0 Å². The van der Waals surface area contributed by atoms with E-state index in [4.69, 9.17) is 11.5 Å². The van der Waals surface area contributed by atoms with Gasteiger partial charge in [-0.3, -0.25) is 4.98 Å². The zero-order chi connectivity index (χ0) is 14.0. The molecule has 0 bridgehead atoms. The minimum Gasteiger partial charge on any atom is -0.397 e. The number of nitrogen functional groups attached to an aromatic ring is 2. The van der Waals surface area contributed by atoms with Crippen molar-refractivity contribution >= 4 is 11.4 Å². The Morgan fingerprint density at radius 1 is 1.00 bits per heavy atom. The van der Waals surface area contributed by atoms with Crippen molar-refractivity contribution in [2.24, 2.45) is 0 Å². The summed E-state index contributed by atoms with van der Waals surface area (Å²) >= 11 is 0. The number of anilines is 2. The Labute approximate surface area is 108 Å². The van der Waals surface area contributed by atoms with E-state index in [1.54, 1.807) is 6.07 Å². The van der Waals surface area contributed by atoms with Gasteiger partial charge in [0.2, 0.25) is 0 Å². The highest BCUT2D eigenvalue weighted by atomic mass is 19.4. The van der Waals surface area contributed by atoms with Crippen molar-refractivity contribution in [3.8, 4) is 0 Å². The summed E-state index contributed by atoms with van der Waals surface area (Å²) in [5.41, 5.74) is 12.8. The monoisotopic (exact) mass is 267 g/mol. The molecule has 0 aliphatic heterocycles. The number of hydrogen-bond donors (Lipinski definition) is 2. The van der Waals surface area contributed by atoms with Gasteiger partial charge in [-0.25, -0.2) is 0 Å². The van der Waals surface area contributed by atoms with E-state index in [-0.39, 0.29) is 0 Å². The molecule has 1 aromatic heterocycles. The maximum Gasteiger partial charge on any atom is 0.416 e. The molecule has 0 saturated carbocycles. The Balaban J connectivity index is 2.23. The lowest BCUT2D eigenvalue weighted by Crippen LogP contribution is -2.05. The van der Waals surface area contributed by atoms with Gasteiger partial charge in [0, 0.05) is 12.6 Å². The Kier molecular flexibility index (Phi) is 3.33. The average molecular weight is 267 g/mol. The number of hydrogen-bond acceptors (Lipinski definition) is 3. The molecule has 0 radical (unpaired) electrons. The van der Waals surface area contributed by atoms with Crippen LogP contribution in [0.25, 0.3) is 0 Å². The standard InChI is InChI=1S/C13H12F3N3/c14-13(15,16)9-3-1-8(2-4-9)7-11-12(18)10(17)5-6-19-11/h1-6H,7,18H2,(H2,17,19). The molecule has 0 amide bonds. The van der Waals surface area contributed by atoms with Crippen molar-refractivity contribution < 1.29 is 13.2 Å². The van der Waals surface area contributed by atoms with Gasteiger partial charge in [0.1, 0.15) is 0 Å². The first-order valence-electron chi connectivity index (χ1n) is 5.53. The quantitative estimate of drug-likeness (QED) is 0.879. The van der Waals surface area contributed by atoms with E-state index in [1.165, 1.54) is 18.3 Å². The molecule has 1 heterocycles. The van der Waals surface area contributed by atoms with E-state index >= 15 is 0 Å². The van der Waals surface area contributed by atoms with Gasteiger partial charge in [-0.05, 0) is 23.8 Å².